The minimum atomic E-state index is -0.146. The van der Waals surface area contributed by atoms with E-state index in [2.05, 4.69) is 5.32 Å². The third-order valence-corrected chi connectivity index (χ3v) is 3.53. The van der Waals surface area contributed by atoms with Crippen molar-refractivity contribution in [2.24, 2.45) is 0 Å². The Morgan fingerprint density at radius 1 is 1.42 bits per heavy atom. The zero-order valence-corrected chi connectivity index (χ0v) is 11.3. The Kier molecular flexibility index (Phi) is 4.52. The highest BCUT2D eigenvalue weighted by atomic mass is 32.2. The van der Waals surface area contributed by atoms with Crippen LogP contribution in [0.4, 0.5) is 0 Å². The van der Waals surface area contributed by atoms with Crippen LogP contribution >= 0.6 is 11.8 Å². The van der Waals surface area contributed by atoms with E-state index in [4.69, 9.17) is 4.42 Å². The van der Waals surface area contributed by atoms with E-state index in [1.807, 2.05) is 19.1 Å². The van der Waals surface area contributed by atoms with Gasteiger partial charge < -0.3 is 14.8 Å². The third-order valence-electron chi connectivity index (χ3n) is 2.54. The summed E-state index contributed by atoms with van der Waals surface area (Å²) in [6.45, 7) is 1.87. The van der Waals surface area contributed by atoms with Crippen molar-refractivity contribution >= 4 is 17.7 Å². The predicted molar refractivity (Wildman–Crippen MR) is 74.1 cm³/mol. The number of rotatable bonds is 5. The summed E-state index contributed by atoms with van der Waals surface area (Å²) in [6, 6.07) is 10.3. The van der Waals surface area contributed by atoms with Crippen LogP contribution in [0.2, 0.25) is 0 Å². The number of benzene rings is 1. The summed E-state index contributed by atoms with van der Waals surface area (Å²) in [6.07, 6.45) is 1.58. The number of aromatic hydroxyl groups is 1. The number of carbonyl (C=O) groups is 1. The number of phenols is 1. The van der Waals surface area contributed by atoms with Gasteiger partial charge in [0.25, 0.3) is 0 Å². The SMILES string of the molecule is CC(NC(=O)CSc1cccc(O)c1)c1ccco1. The lowest BCUT2D eigenvalue weighted by molar-refractivity contribution is -0.119. The van der Waals surface area contributed by atoms with Crippen LogP contribution in [0.5, 0.6) is 5.75 Å². The van der Waals surface area contributed by atoms with E-state index < -0.39 is 0 Å². The first kappa shape index (κ1) is 13.5. The number of carbonyl (C=O) groups excluding carboxylic acids is 1. The first-order valence-corrected chi connectivity index (χ1v) is 6.88. The molecule has 0 radical (unpaired) electrons. The molecule has 1 atom stereocenters. The van der Waals surface area contributed by atoms with Gasteiger partial charge in [-0.2, -0.15) is 0 Å². The van der Waals surface area contributed by atoms with E-state index in [-0.39, 0.29) is 17.7 Å². The summed E-state index contributed by atoms with van der Waals surface area (Å²) in [7, 11) is 0. The lowest BCUT2D eigenvalue weighted by Crippen LogP contribution is -2.27. The Balaban J connectivity index is 1.82. The molecule has 100 valence electrons. The summed E-state index contributed by atoms with van der Waals surface area (Å²) < 4.78 is 5.22. The predicted octanol–water partition coefficient (Wildman–Crippen LogP) is 2.95. The Bertz CT molecular complexity index is 539. The van der Waals surface area contributed by atoms with Gasteiger partial charge in [-0.25, -0.2) is 0 Å². The van der Waals surface area contributed by atoms with Crippen LogP contribution in [-0.4, -0.2) is 16.8 Å². The summed E-state index contributed by atoms with van der Waals surface area (Å²) >= 11 is 1.38. The maximum atomic E-state index is 11.8. The van der Waals surface area contributed by atoms with Crippen LogP contribution in [0.3, 0.4) is 0 Å². The first-order valence-electron chi connectivity index (χ1n) is 5.90. The average molecular weight is 277 g/mol. The van der Waals surface area contributed by atoms with E-state index in [0.717, 1.165) is 10.7 Å². The fourth-order valence-corrected chi connectivity index (χ4v) is 2.37. The molecule has 0 saturated carbocycles. The fraction of sp³-hybridized carbons (Fsp3) is 0.214. The maximum absolute atomic E-state index is 11.8. The molecule has 0 fully saturated rings. The Labute approximate surface area is 115 Å². The van der Waals surface area contributed by atoms with Gasteiger partial charge in [0.2, 0.25) is 5.91 Å². The molecule has 1 aromatic heterocycles. The molecular weight excluding hydrogens is 262 g/mol. The number of phenolic OH excluding ortho intramolecular Hbond substituents is 1. The van der Waals surface area contributed by atoms with Gasteiger partial charge in [0, 0.05) is 4.90 Å². The van der Waals surface area contributed by atoms with Crippen molar-refractivity contribution in [3.63, 3.8) is 0 Å². The first-order chi connectivity index (χ1) is 9.15. The number of furan rings is 1. The third kappa shape index (κ3) is 4.06. The van der Waals surface area contributed by atoms with E-state index >= 15 is 0 Å². The largest absolute Gasteiger partial charge is 0.508 e. The van der Waals surface area contributed by atoms with Gasteiger partial charge in [-0.1, -0.05) is 6.07 Å². The number of thioether (sulfide) groups is 1. The molecule has 1 heterocycles. The molecule has 1 amide bonds. The summed E-state index contributed by atoms with van der Waals surface area (Å²) in [5.74, 6) is 1.16. The highest BCUT2D eigenvalue weighted by Crippen LogP contribution is 2.22. The van der Waals surface area contributed by atoms with Gasteiger partial charge in [0.05, 0.1) is 18.1 Å². The summed E-state index contributed by atoms with van der Waals surface area (Å²) in [4.78, 5) is 12.6. The van der Waals surface area contributed by atoms with Crippen LogP contribution in [-0.2, 0) is 4.79 Å². The van der Waals surface area contributed by atoms with Crippen molar-refractivity contribution in [1.29, 1.82) is 0 Å². The van der Waals surface area contributed by atoms with Crippen LogP contribution in [0.25, 0.3) is 0 Å². The normalized spacial score (nSPS) is 12.1. The lowest BCUT2D eigenvalue weighted by Gasteiger charge is -2.11. The number of hydrogen-bond donors (Lipinski definition) is 2. The number of amides is 1. The topological polar surface area (TPSA) is 62.5 Å². The molecule has 2 aromatic rings. The second-order valence-corrected chi connectivity index (χ2v) is 5.14. The molecule has 0 spiro atoms. The van der Waals surface area contributed by atoms with Crippen molar-refractivity contribution in [3.05, 3.63) is 48.4 Å². The molecule has 19 heavy (non-hydrogen) atoms. The fourth-order valence-electron chi connectivity index (χ4n) is 1.61. The van der Waals surface area contributed by atoms with Crippen LogP contribution in [0, 0.1) is 0 Å². The molecule has 0 saturated heterocycles. The van der Waals surface area contributed by atoms with Gasteiger partial charge in [0.1, 0.15) is 11.5 Å². The molecule has 2 N–H and O–H groups in total. The minimum absolute atomic E-state index is 0.0720. The molecule has 1 unspecified atom stereocenters. The van der Waals surface area contributed by atoms with Gasteiger partial charge >= 0.3 is 0 Å². The number of nitrogens with one attached hydrogen (secondary N) is 1. The Hall–Kier alpha value is -1.88. The molecule has 5 heteroatoms. The standard InChI is InChI=1S/C14H15NO3S/c1-10(13-6-3-7-18-13)15-14(17)9-19-12-5-2-4-11(16)8-12/h2-8,10,16H,9H2,1H3,(H,15,17). The van der Waals surface area contributed by atoms with E-state index in [0.29, 0.717) is 5.75 Å². The second-order valence-electron chi connectivity index (χ2n) is 4.09. The average Bonchev–Trinajstić information content (AvgIpc) is 2.90. The Morgan fingerprint density at radius 3 is 2.95 bits per heavy atom. The highest BCUT2D eigenvalue weighted by molar-refractivity contribution is 8.00. The van der Waals surface area contributed by atoms with Gasteiger partial charge in [-0.15, -0.1) is 11.8 Å². The zero-order chi connectivity index (χ0) is 13.7. The Morgan fingerprint density at radius 2 is 2.26 bits per heavy atom. The van der Waals surface area contributed by atoms with Crippen LogP contribution in [0.15, 0.2) is 52.0 Å². The van der Waals surface area contributed by atoms with Gasteiger partial charge in [0.15, 0.2) is 0 Å². The van der Waals surface area contributed by atoms with Gasteiger partial charge in [-0.05, 0) is 37.3 Å². The van der Waals surface area contributed by atoms with Crippen molar-refractivity contribution < 1.29 is 14.3 Å². The van der Waals surface area contributed by atoms with Crippen molar-refractivity contribution in [2.75, 3.05) is 5.75 Å². The molecule has 4 nitrogen and oxygen atoms in total. The van der Waals surface area contributed by atoms with E-state index in [1.54, 1.807) is 30.5 Å². The second kappa shape index (κ2) is 6.33. The quantitative estimate of drug-likeness (QED) is 0.825. The summed E-state index contributed by atoms with van der Waals surface area (Å²) in [5.41, 5.74) is 0. The van der Waals surface area contributed by atoms with Crippen LogP contribution < -0.4 is 5.32 Å². The van der Waals surface area contributed by atoms with Crippen molar-refractivity contribution in [1.82, 2.24) is 5.32 Å². The molecular formula is C14H15NO3S. The van der Waals surface area contributed by atoms with Crippen LogP contribution in [0.1, 0.15) is 18.7 Å². The highest BCUT2D eigenvalue weighted by Gasteiger charge is 2.11. The minimum Gasteiger partial charge on any atom is -0.508 e. The maximum Gasteiger partial charge on any atom is 0.230 e. The van der Waals surface area contributed by atoms with E-state index in [9.17, 15) is 9.90 Å². The monoisotopic (exact) mass is 277 g/mol. The van der Waals surface area contributed by atoms with E-state index in [1.165, 1.54) is 11.8 Å². The molecule has 0 aliphatic carbocycles. The van der Waals surface area contributed by atoms with Crippen molar-refractivity contribution in [2.45, 2.75) is 17.9 Å². The summed E-state index contributed by atoms with van der Waals surface area (Å²) in [5, 5.41) is 12.2. The molecule has 2 rings (SSSR count). The molecule has 0 bridgehead atoms. The molecule has 0 aliphatic heterocycles. The lowest BCUT2D eigenvalue weighted by atomic mass is 10.2. The molecule has 0 aliphatic rings. The number of hydrogen-bond acceptors (Lipinski definition) is 4. The van der Waals surface area contributed by atoms with Gasteiger partial charge in [-0.3, -0.25) is 4.79 Å². The zero-order valence-electron chi connectivity index (χ0n) is 10.5. The smallest absolute Gasteiger partial charge is 0.230 e. The van der Waals surface area contributed by atoms with Crippen molar-refractivity contribution in [3.8, 4) is 5.75 Å². The molecule has 1 aromatic carbocycles.